The molecule has 8 heteroatoms. The summed E-state index contributed by atoms with van der Waals surface area (Å²) in [6.07, 6.45) is 0. The zero-order valence-electron chi connectivity index (χ0n) is 18.5. The average molecular weight is 469 g/mol. The Morgan fingerprint density at radius 3 is 2.56 bits per heavy atom. The van der Waals surface area contributed by atoms with Gasteiger partial charge in [-0.1, -0.05) is 56.3 Å². The van der Waals surface area contributed by atoms with E-state index in [4.69, 9.17) is 16.3 Å². The Morgan fingerprint density at radius 1 is 1.09 bits per heavy atom. The van der Waals surface area contributed by atoms with E-state index in [1.807, 2.05) is 29.8 Å². The zero-order valence-corrected chi connectivity index (χ0v) is 20.0. The van der Waals surface area contributed by atoms with Crippen molar-refractivity contribution < 1.29 is 4.74 Å². The zero-order chi connectivity index (χ0) is 22.9. The minimum absolute atomic E-state index is 0.0543. The number of H-pyrrole nitrogens is 1. The fourth-order valence-corrected chi connectivity index (χ4v) is 4.30. The molecule has 0 amide bonds. The highest BCUT2D eigenvalue weighted by Crippen LogP contribution is 2.25. The normalized spacial score (nSPS) is 11.8. The molecule has 0 spiro atoms. The molecule has 2 heterocycles. The van der Waals surface area contributed by atoms with Gasteiger partial charge in [0.25, 0.3) is 0 Å². The Bertz CT molecular complexity index is 1310. The lowest BCUT2D eigenvalue weighted by Gasteiger charge is -2.19. The second-order valence-electron chi connectivity index (χ2n) is 8.66. The summed E-state index contributed by atoms with van der Waals surface area (Å²) in [6.45, 7) is 6.88. The fourth-order valence-electron chi connectivity index (χ4n) is 3.29. The maximum absolute atomic E-state index is 12.4. The highest BCUT2D eigenvalue weighted by Gasteiger charge is 2.14. The van der Waals surface area contributed by atoms with E-state index in [1.165, 1.54) is 17.3 Å². The Balaban J connectivity index is 1.40. The summed E-state index contributed by atoms with van der Waals surface area (Å²) in [5.41, 5.74) is 2.89. The van der Waals surface area contributed by atoms with Crippen molar-refractivity contribution in [2.75, 3.05) is 0 Å². The van der Waals surface area contributed by atoms with Crippen molar-refractivity contribution in [1.82, 2.24) is 19.7 Å². The number of nitrogens with zero attached hydrogens (tertiary/aromatic N) is 3. The molecule has 4 aromatic rings. The highest BCUT2D eigenvalue weighted by molar-refractivity contribution is 7.98. The Morgan fingerprint density at radius 2 is 1.84 bits per heavy atom. The number of ether oxygens (including phenoxy) is 1. The molecule has 0 fully saturated rings. The number of fused-ring (bicyclic) bond motifs is 1. The van der Waals surface area contributed by atoms with Crippen molar-refractivity contribution in [3.8, 4) is 5.75 Å². The Kier molecular flexibility index (Phi) is 6.31. The molecule has 1 N–H and O–H groups in total. The topological polar surface area (TPSA) is 72.8 Å². The molecule has 2 aromatic heterocycles. The number of aromatic nitrogens is 4. The number of benzene rings is 2. The first kappa shape index (κ1) is 22.4. The van der Waals surface area contributed by atoms with E-state index in [9.17, 15) is 4.79 Å². The van der Waals surface area contributed by atoms with E-state index in [0.29, 0.717) is 22.8 Å². The van der Waals surface area contributed by atoms with Crippen molar-refractivity contribution >= 4 is 34.3 Å². The number of rotatable bonds is 6. The number of aromatic amines is 1. The van der Waals surface area contributed by atoms with Crippen LogP contribution in [0.25, 0.3) is 10.9 Å². The van der Waals surface area contributed by atoms with Crippen molar-refractivity contribution in [2.45, 2.75) is 43.7 Å². The highest BCUT2D eigenvalue weighted by atomic mass is 35.5. The van der Waals surface area contributed by atoms with Gasteiger partial charge in [0.05, 0.1) is 0 Å². The number of hydrogen-bond donors (Lipinski definition) is 1. The van der Waals surface area contributed by atoms with Crippen molar-refractivity contribution in [3.63, 3.8) is 0 Å². The average Bonchev–Trinajstić information content (AvgIpc) is 3.10. The second-order valence-corrected chi connectivity index (χ2v) is 10.0. The lowest BCUT2D eigenvalue weighted by Crippen LogP contribution is -2.10. The molecule has 0 unspecified atom stereocenters. The molecule has 32 heavy (non-hydrogen) atoms. The van der Waals surface area contributed by atoms with E-state index in [1.54, 1.807) is 18.2 Å². The quantitative estimate of drug-likeness (QED) is 0.379. The maximum atomic E-state index is 12.4. The molecule has 0 aliphatic carbocycles. The van der Waals surface area contributed by atoms with Crippen molar-refractivity contribution in [1.29, 1.82) is 0 Å². The molecule has 4 rings (SSSR count). The first-order valence-corrected chi connectivity index (χ1v) is 11.6. The number of nitrogens with one attached hydrogen (secondary N) is 1. The van der Waals surface area contributed by atoms with Gasteiger partial charge in [-0.2, -0.15) is 0 Å². The summed E-state index contributed by atoms with van der Waals surface area (Å²) >= 11 is 7.50. The van der Waals surface area contributed by atoms with Crippen LogP contribution in [0, 0.1) is 0 Å². The standard InChI is InChI=1S/C24H25ClN4O2S/c1-24(2,3)15-5-8-18(9-6-15)31-13-22-27-28-23(29(22)4)32-14-17-12-21(30)19-11-16(25)7-10-20(19)26-17/h5-12H,13-14H2,1-4H3,(H,26,30). The summed E-state index contributed by atoms with van der Waals surface area (Å²) in [7, 11) is 1.91. The summed E-state index contributed by atoms with van der Waals surface area (Å²) in [6, 6.07) is 15.0. The summed E-state index contributed by atoms with van der Waals surface area (Å²) in [4.78, 5) is 15.7. The molecule has 0 saturated heterocycles. The molecule has 6 nitrogen and oxygen atoms in total. The minimum atomic E-state index is -0.0543. The number of halogens is 1. The van der Waals surface area contributed by atoms with Gasteiger partial charge in [-0.15, -0.1) is 10.2 Å². The van der Waals surface area contributed by atoms with Crippen molar-refractivity contribution in [2.24, 2.45) is 7.05 Å². The van der Waals surface area contributed by atoms with E-state index >= 15 is 0 Å². The first-order chi connectivity index (χ1) is 15.2. The SMILES string of the molecule is Cn1c(COc2ccc(C(C)(C)C)cc2)nnc1SCc1cc(=O)c2cc(Cl)ccc2[nH]1. The number of hydrogen-bond acceptors (Lipinski definition) is 5. The molecule has 2 aromatic carbocycles. The largest absolute Gasteiger partial charge is 0.486 e. The third-order valence-corrected chi connectivity index (χ3v) is 6.52. The number of pyridine rings is 1. The molecular formula is C24H25ClN4O2S. The molecule has 166 valence electrons. The fraction of sp³-hybridized carbons (Fsp3) is 0.292. The molecule has 0 atom stereocenters. The lowest BCUT2D eigenvalue weighted by molar-refractivity contribution is 0.290. The summed E-state index contributed by atoms with van der Waals surface area (Å²) in [5, 5.41) is 10.4. The summed E-state index contributed by atoms with van der Waals surface area (Å²) < 4.78 is 7.81. The van der Waals surface area contributed by atoms with Crippen LogP contribution in [-0.4, -0.2) is 19.7 Å². The van der Waals surface area contributed by atoms with Crippen LogP contribution in [-0.2, 0) is 24.8 Å². The van der Waals surface area contributed by atoms with Gasteiger partial charge >= 0.3 is 0 Å². The Hall–Kier alpha value is -2.77. The number of thioether (sulfide) groups is 1. The third kappa shape index (κ3) is 5.00. The van der Waals surface area contributed by atoms with Gasteiger partial charge in [0, 0.05) is 40.5 Å². The molecular weight excluding hydrogens is 444 g/mol. The maximum Gasteiger partial charge on any atom is 0.191 e. The van der Waals surface area contributed by atoms with E-state index < -0.39 is 0 Å². The summed E-state index contributed by atoms with van der Waals surface area (Å²) in [5.74, 6) is 2.09. The van der Waals surface area contributed by atoms with Crippen LogP contribution in [0.15, 0.2) is 58.5 Å². The van der Waals surface area contributed by atoms with Gasteiger partial charge in [-0.25, -0.2) is 0 Å². The van der Waals surface area contributed by atoms with Crippen LogP contribution < -0.4 is 10.2 Å². The van der Waals surface area contributed by atoms with Gasteiger partial charge in [0.2, 0.25) is 0 Å². The Labute approximate surface area is 196 Å². The third-order valence-electron chi connectivity index (χ3n) is 5.22. The first-order valence-electron chi connectivity index (χ1n) is 10.3. The van der Waals surface area contributed by atoms with E-state index in [2.05, 4.69) is 48.1 Å². The molecule has 0 saturated carbocycles. The van der Waals surface area contributed by atoms with Crippen LogP contribution >= 0.6 is 23.4 Å². The van der Waals surface area contributed by atoms with Gasteiger partial charge in [0.1, 0.15) is 12.4 Å². The van der Waals surface area contributed by atoms with Gasteiger partial charge in [0.15, 0.2) is 16.4 Å². The monoisotopic (exact) mass is 468 g/mol. The molecule has 0 radical (unpaired) electrons. The van der Waals surface area contributed by atoms with Crippen LogP contribution in [0.5, 0.6) is 5.75 Å². The molecule has 0 aliphatic heterocycles. The van der Waals surface area contributed by atoms with Crippen molar-refractivity contribution in [3.05, 3.63) is 80.9 Å². The van der Waals surface area contributed by atoms with Crippen LogP contribution in [0.3, 0.4) is 0 Å². The van der Waals surface area contributed by atoms with Crippen LogP contribution in [0.4, 0.5) is 0 Å². The van der Waals surface area contributed by atoms with E-state index in [0.717, 1.165) is 27.9 Å². The molecule has 0 bridgehead atoms. The minimum Gasteiger partial charge on any atom is -0.486 e. The van der Waals surface area contributed by atoms with Gasteiger partial charge in [-0.3, -0.25) is 4.79 Å². The predicted octanol–water partition coefficient (Wildman–Crippen LogP) is 5.48. The van der Waals surface area contributed by atoms with Gasteiger partial charge in [-0.05, 0) is 41.3 Å². The smallest absolute Gasteiger partial charge is 0.191 e. The lowest BCUT2D eigenvalue weighted by atomic mass is 9.87. The predicted molar refractivity (Wildman–Crippen MR) is 130 cm³/mol. The van der Waals surface area contributed by atoms with Crippen LogP contribution in [0.2, 0.25) is 5.02 Å². The van der Waals surface area contributed by atoms with E-state index in [-0.39, 0.29) is 10.8 Å². The molecule has 0 aliphatic rings. The van der Waals surface area contributed by atoms with Gasteiger partial charge < -0.3 is 14.3 Å². The second kappa shape index (κ2) is 9.00. The van der Waals surface area contributed by atoms with Crippen LogP contribution in [0.1, 0.15) is 37.9 Å².